The van der Waals surface area contributed by atoms with E-state index >= 15 is 0 Å². The number of carbonyl (C=O) groups excluding carboxylic acids is 1. The number of nitro benzene ring substituents is 1. The number of nitrogens with zero attached hydrogens (tertiary/aromatic N) is 2. The van der Waals surface area contributed by atoms with E-state index in [0.717, 1.165) is 13.1 Å². The number of hydrogen-bond donors (Lipinski definition) is 1. The van der Waals surface area contributed by atoms with E-state index in [1.165, 1.54) is 6.07 Å². The van der Waals surface area contributed by atoms with Crippen LogP contribution in [0.15, 0.2) is 18.2 Å². The molecule has 1 fully saturated rings. The van der Waals surface area contributed by atoms with Crippen molar-refractivity contribution in [1.29, 1.82) is 0 Å². The molecule has 0 aliphatic carbocycles. The summed E-state index contributed by atoms with van der Waals surface area (Å²) in [5, 5.41) is 14.1. The SMILES string of the molecule is Cc1c(C(=O)N2CCNC[C@@H]2C)cccc1[N+](=O)[O-]. The lowest BCUT2D eigenvalue weighted by Crippen LogP contribution is -2.52. The first-order chi connectivity index (χ1) is 9.02. The number of nitro groups is 1. The summed E-state index contributed by atoms with van der Waals surface area (Å²) >= 11 is 0. The average Bonchev–Trinajstić information content (AvgIpc) is 2.38. The van der Waals surface area contributed by atoms with E-state index in [-0.39, 0.29) is 17.6 Å². The Hall–Kier alpha value is -1.95. The van der Waals surface area contributed by atoms with Crippen LogP contribution in [-0.2, 0) is 0 Å². The molecule has 6 heteroatoms. The molecule has 0 saturated carbocycles. The number of hydrogen-bond acceptors (Lipinski definition) is 4. The van der Waals surface area contributed by atoms with Crippen molar-refractivity contribution in [3.05, 3.63) is 39.4 Å². The van der Waals surface area contributed by atoms with Crippen molar-refractivity contribution in [2.75, 3.05) is 19.6 Å². The van der Waals surface area contributed by atoms with Gasteiger partial charge in [-0.15, -0.1) is 0 Å². The molecular weight excluding hydrogens is 246 g/mol. The van der Waals surface area contributed by atoms with E-state index < -0.39 is 4.92 Å². The van der Waals surface area contributed by atoms with Crippen LogP contribution in [0, 0.1) is 17.0 Å². The van der Waals surface area contributed by atoms with E-state index in [9.17, 15) is 14.9 Å². The molecule has 0 aromatic heterocycles. The molecule has 1 N–H and O–H groups in total. The van der Waals surface area contributed by atoms with Gasteiger partial charge in [-0.2, -0.15) is 0 Å². The molecule has 102 valence electrons. The van der Waals surface area contributed by atoms with E-state index in [1.54, 1.807) is 24.0 Å². The summed E-state index contributed by atoms with van der Waals surface area (Å²) < 4.78 is 0. The second-order valence-electron chi connectivity index (χ2n) is 4.76. The zero-order valence-corrected chi connectivity index (χ0v) is 11.0. The molecule has 1 aliphatic rings. The summed E-state index contributed by atoms with van der Waals surface area (Å²) in [6.07, 6.45) is 0. The second-order valence-corrected chi connectivity index (χ2v) is 4.76. The van der Waals surface area contributed by atoms with Gasteiger partial charge < -0.3 is 10.2 Å². The minimum atomic E-state index is -0.451. The molecule has 2 rings (SSSR count). The summed E-state index contributed by atoms with van der Waals surface area (Å²) in [5.74, 6) is -0.129. The topological polar surface area (TPSA) is 75.5 Å². The van der Waals surface area contributed by atoms with Gasteiger partial charge in [0.05, 0.1) is 4.92 Å². The van der Waals surface area contributed by atoms with Crippen LogP contribution in [0.25, 0.3) is 0 Å². The molecule has 0 radical (unpaired) electrons. The molecule has 19 heavy (non-hydrogen) atoms. The Morgan fingerprint density at radius 1 is 1.53 bits per heavy atom. The van der Waals surface area contributed by atoms with E-state index in [2.05, 4.69) is 5.32 Å². The van der Waals surface area contributed by atoms with Gasteiger partial charge in [-0.3, -0.25) is 14.9 Å². The maximum atomic E-state index is 12.5. The van der Waals surface area contributed by atoms with Gasteiger partial charge in [0.2, 0.25) is 0 Å². The molecule has 1 aromatic carbocycles. The first-order valence-corrected chi connectivity index (χ1v) is 6.28. The fraction of sp³-hybridized carbons (Fsp3) is 0.462. The minimum absolute atomic E-state index is 0.00589. The third-order valence-corrected chi connectivity index (χ3v) is 3.49. The Bertz CT molecular complexity index is 516. The highest BCUT2D eigenvalue weighted by atomic mass is 16.6. The lowest BCUT2D eigenvalue weighted by molar-refractivity contribution is -0.385. The van der Waals surface area contributed by atoms with Gasteiger partial charge in [-0.05, 0) is 19.9 Å². The van der Waals surface area contributed by atoms with Gasteiger partial charge in [0.25, 0.3) is 11.6 Å². The van der Waals surface area contributed by atoms with Crippen LogP contribution in [0.2, 0.25) is 0 Å². The highest BCUT2D eigenvalue weighted by Crippen LogP contribution is 2.23. The molecule has 1 amide bonds. The monoisotopic (exact) mass is 263 g/mol. The number of amides is 1. The molecule has 6 nitrogen and oxygen atoms in total. The maximum absolute atomic E-state index is 12.5. The third kappa shape index (κ3) is 2.58. The Morgan fingerprint density at radius 3 is 2.89 bits per heavy atom. The molecule has 0 spiro atoms. The van der Waals surface area contributed by atoms with Gasteiger partial charge in [-0.1, -0.05) is 6.07 Å². The molecule has 1 aromatic rings. The van der Waals surface area contributed by atoms with Crippen molar-refractivity contribution in [3.63, 3.8) is 0 Å². The summed E-state index contributed by atoms with van der Waals surface area (Å²) in [7, 11) is 0. The summed E-state index contributed by atoms with van der Waals surface area (Å²) in [6.45, 7) is 5.72. The van der Waals surface area contributed by atoms with Crippen LogP contribution in [0.5, 0.6) is 0 Å². The molecule has 1 saturated heterocycles. The molecule has 1 atom stereocenters. The van der Waals surface area contributed by atoms with E-state index in [1.807, 2.05) is 6.92 Å². The van der Waals surface area contributed by atoms with Crippen LogP contribution in [0.4, 0.5) is 5.69 Å². The Morgan fingerprint density at radius 2 is 2.26 bits per heavy atom. The highest BCUT2D eigenvalue weighted by molar-refractivity contribution is 5.96. The Labute approximate surface area is 111 Å². The molecule has 0 unspecified atom stereocenters. The summed E-state index contributed by atoms with van der Waals surface area (Å²) in [5.41, 5.74) is 0.847. The number of carbonyl (C=O) groups is 1. The molecule has 1 aliphatic heterocycles. The Balaban J connectivity index is 2.33. The fourth-order valence-electron chi connectivity index (χ4n) is 2.35. The minimum Gasteiger partial charge on any atom is -0.333 e. The van der Waals surface area contributed by atoms with Gasteiger partial charge in [0.1, 0.15) is 0 Å². The van der Waals surface area contributed by atoms with Gasteiger partial charge >= 0.3 is 0 Å². The number of rotatable bonds is 2. The summed E-state index contributed by atoms with van der Waals surface area (Å²) in [4.78, 5) is 24.7. The second kappa shape index (κ2) is 5.36. The van der Waals surface area contributed by atoms with Crippen molar-refractivity contribution >= 4 is 11.6 Å². The highest BCUT2D eigenvalue weighted by Gasteiger charge is 2.27. The van der Waals surface area contributed by atoms with Crippen molar-refractivity contribution in [3.8, 4) is 0 Å². The predicted octanol–water partition coefficient (Wildman–Crippen LogP) is 1.34. The largest absolute Gasteiger partial charge is 0.333 e. The van der Waals surface area contributed by atoms with Gasteiger partial charge in [0.15, 0.2) is 0 Å². The van der Waals surface area contributed by atoms with Crippen molar-refractivity contribution in [2.24, 2.45) is 0 Å². The van der Waals surface area contributed by atoms with Crippen molar-refractivity contribution < 1.29 is 9.72 Å². The van der Waals surface area contributed by atoms with Crippen molar-refractivity contribution in [2.45, 2.75) is 19.9 Å². The van der Waals surface area contributed by atoms with Crippen molar-refractivity contribution in [1.82, 2.24) is 10.2 Å². The smallest absolute Gasteiger partial charge is 0.273 e. The van der Waals surface area contributed by atoms with E-state index in [0.29, 0.717) is 17.7 Å². The lowest BCUT2D eigenvalue weighted by Gasteiger charge is -2.34. The Kier molecular flexibility index (Phi) is 3.80. The van der Waals surface area contributed by atoms with Gasteiger partial charge in [-0.25, -0.2) is 0 Å². The molecular formula is C13H17N3O3. The number of nitrogens with one attached hydrogen (secondary N) is 1. The van der Waals surface area contributed by atoms with E-state index in [4.69, 9.17) is 0 Å². The number of piperazine rings is 1. The standard InChI is InChI=1S/C13H17N3O3/c1-9-8-14-6-7-15(9)13(17)11-4-3-5-12(10(11)2)16(18)19/h3-5,9,14H,6-8H2,1-2H3/t9-/m0/s1. The first-order valence-electron chi connectivity index (χ1n) is 6.28. The van der Waals surface area contributed by atoms with Gasteiger partial charge in [0, 0.05) is 42.9 Å². The van der Waals surface area contributed by atoms with Crippen LogP contribution in [0.1, 0.15) is 22.8 Å². The first kappa shape index (κ1) is 13.5. The number of benzene rings is 1. The predicted molar refractivity (Wildman–Crippen MR) is 71.2 cm³/mol. The maximum Gasteiger partial charge on any atom is 0.273 e. The van der Waals surface area contributed by atoms with Crippen LogP contribution in [0.3, 0.4) is 0 Å². The fourth-order valence-corrected chi connectivity index (χ4v) is 2.35. The van der Waals surface area contributed by atoms with Crippen LogP contribution < -0.4 is 5.32 Å². The zero-order valence-electron chi connectivity index (χ0n) is 11.0. The normalized spacial score (nSPS) is 19.3. The zero-order chi connectivity index (χ0) is 14.0. The van der Waals surface area contributed by atoms with Crippen LogP contribution >= 0.6 is 0 Å². The summed E-state index contributed by atoms with van der Waals surface area (Å²) in [6, 6.07) is 4.73. The average molecular weight is 263 g/mol. The molecule has 0 bridgehead atoms. The van der Waals surface area contributed by atoms with Crippen LogP contribution in [-0.4, -0.2) is 41.4 Å². The third-order valence-electron chi connectivity index (χ3n) is 3.49. The quantitative estimate of drug-likeness (QED) is 0.645. The molecule has 1 heterocycles. The lowest BCUT2D eigenvalue weighted by atomic mass is 10.0.